The summed E-state index contributed by atoms with van der Waals surface area (Å²) in [6.45, 7) is 1.94. The minimum absolute atomic E-state index is 0.193. The number of urea groups is 1. The van der Waals surface area contributed by atoms with Crippen molar-refractivity contribution in [2.45, 2.75) is 25.9 Å². The van der Waals surface area contributed by atoms with Gasteiger partial charge in [-0.1, -0.05) is 5.16 Å². The fourth-order valence-corrected chi connectivity index (χ4v) is 1.85. The lowest BCUT2D eigenvalue weighted by molar-refractivity contribution is -0.139. The minimum Gasteiger partial charge on any atom is -0.480 e. The number of nitrogens with one attached hydrogen (secondary N) is 2. The molecule has 0 aliphatic rings. The van der Waals surface area contributed by atoms with E-state index in [2.05, 4.69) is 15.8 Å². The summed E-state index contributed by atoms with van der Waals surface area (Å²) < 4.78 is 4.85. The quantitative estimate of drug-likeness (QED) is 0.690. The van der Waals surface area contributed by atoms with Gasteiger partial charge in [0.2, 0.25) is 0 Å². The van der Waals surface area contributed by atoms with Crippen molar-refractivity contribution in [2.24, 2.45) is 0 Å². The molecule has 1 aromatic heterocycles. The molecule has 1 heterocycles. The van der Waals surface area contributed by atoms with Crippen LogP contribution < -0.4 is 10.6 Å². The molecule has 8 heteroatoms. The number of thioether (sulfide) groups is 1. The summed E-state index contributed by atoms with van der Waals surface area (Å²) in [5.41, 5.74) is 0.587. The SMILES string of the molecule is CSCC[C@H](NC(=O)NCc1cc(C)on1)C(=O)O. The monoisotopic (exact) mass is 287 g/mol. The molecule has 7 nitrogen and oxygen atoms in total. The predicted octanol–water partition coefficient (Wildman–Crippen LogP) is 0.989. The van der Waals surface area contributed by atoms with Gasteiger partial charge >= 0.3 is 12.0 Å². The molecule has 0 spiro atoms. The fraction of sp³-hybridized carbons (Fsp3) is 0.545. The average molecular weight is 287 g/mol. The molecular weight excluding hydrogens is 270 g/mol. The summed E-state index contributed by atoms with van der Waals surface area (Å²) in [5.74, 6) is 0.279. The van der Waals surface area contributed by atoms with Crippen LogP contribution >= 0.6 is 11.8 Å². The first-order valence-electron chi connectivity index (χ1n) is 5.71. The van der Waals surface area contributed by atoms with E-state index in [0.29, 0.717) is 23.6 Å². The Morgan fingerprint density at radius 1 is 1.58 bits per heavy atom. The number of carbonyl (C=O) groups is 2. The van der Waals surface area contributed by atoms with E-state index < -0.39 is 18.0 Å². The molecule has 0 radical (unpaired) electrons. The molecule has 0 bridgehead atoms. The van der Waals surface area contributed by atoms with E-state index in [1.807, 2.05) is 6.26 Å². The summed E-state index contributed by atoms with van der Waals surface area (Å²) in [4.78, 5) is 22.5. The number of rotatable bonds is 7. The van der Waals surface area contributed by atoms with Gasteiger partial charge in [-0.25, -0.2) is 9.59 Å². The molecule has 0 aliphatic carbocycles. The normalized spacial score (nSPS) is 11.9. The van der Waals surface area contributed by atoms with Gasteiger partial charge in [-0.15, -0.1) is 0 Å². The van der Waals surface area contributed by atoms with Crippen molar-refractivity contribution < 1.29 is 19.2 Å². The van der Waals surface area contributed by atoms with Crippen LogP contribution in [0, 0.1) is 6.92 Å². The number of carboxylic acid groups (broad SMARTS) is 1. The Bertz CT molecular complexity index is 435. The molecule has 0 aromatic carbocycles. The highest BCUT2D eigenvalue weighted by Gasteiger charge is 2.19. The van der Waals surface area contributed by atoms with Crippen molar-refractivity contribution in [2.75, 3.05) is 12.0 Å². The van der Waals surface area contributed by atoms with Crippen LogP contribution in [-0.4, -0.2) is 40.3 Å². The van der Waals surface area contributed by atoms with E-state index in [9.17, 15) is 9.59 Å². The number of aliphatic carboxylic acids is 1. The third kappa shape index (κ3) is 5.64. The van der Waals surface area contributed by atoms with Crippen LogP contribution in [0.25, 0.3) is 0 Å². The Hall–Kier alpha value is -1.70. The molecule has 19 heavy (non-hydrogen) atoms. The van der Waals surface area contributed by atoms with Gasteiger partial charge < -0.3 is 20.3 Å². The number of carbonyl (C=O) groups excluding carboxylic acids is 1. The van der Waals surface area contributed by atoms with Gasteiger partial charge in [-0.2, -0.15) is 11.8 Å². The molecule has 0 unspecified atom stereocenters. The second-order valence-corrected chi connectivity index (χ2v) is 4.91. The first kappa shape index (κ1) is 15.4. The fourth-order valence-electron chi connectivity index (χ4n) is 1.37. The number of nitrogens with zero attached hydrogens (tertiary/aromatic N) is 1. The molecule has 106 valence electrons. The number of aryl methyl sites for hydroxylation is 1. The van der Waals surface area contributed by atoms with Gasteiger partial charge in [-0.3, -0.25) is 0 Å². The second kappa shape index (κ2) is 7.67. The number of hydrogen-bond acceptors (Lipinski definition) is 5. The number of hydrogen-bond donors (Lipinski definition) is 3. The molecule has 0 saturated heterocycles. The van der Waals surface area contributed by atoms with Crippen molar-refractivity contribution in [1.29, 1.82) is 0 Å². The summed E-state index contributed by atoms with van der Waals surface area (Å²) in [5, 5.41) is 17.6. The Labute approximate surface area is 115 Å². The standard InChI is InChI=1S/C11H17N3O4S/c1-7-5-8(14-18-7)6-12-11(17)13-9(10(15)16)3-4-19-2/h5,9H,3-4,6H2,1-2H3,(H,15,16)(H2,12,13,17)/t9-/m0/s1. The Morgan fingerprint density at radius 2 is 2.32 bits per heavy atom. The van der Waals surface area contributed by atoms with E-state index in [0.717, 1.165) is 0 Å². The minimum atomic E-state index is -1.04. The van der Waals surface area contributed by atoms with Crippen molar-refractivity contribution in [3.8, 4) is 0 Å². The highest BCUT2D eigenvalue weighted by molar-refractivity contribution is 7.98. The third-order valence-corrected chi connectivity index (χ3v) is 2.96. The molecule has 0 saturated carbocycles. The Balaban J connectivity index is 2.37. The summed E-state index contributed by atoms with van der Waals surface area (Å²) in [6, 6.07) is 0.281. The summed E-state index contributed by atoms with van der Waals surface area (Å²) in [7, 11) is 0. The lowest BCUT2D eigenvalue weighted by atomic mass is 10.2. The molecule has 1 aromatic rings. The maximum atomic E-state index is 11.6. The molecule has 3 N–H and O–H groups in total. The van der Waals surface area contributed by atoms with Crippen LogP contribution in [0.5, 0.6) is 0 Å². The molecule has 1 rings (SSSR count). The summed E-state index contributed by atoms with van der Waals surface area (Å²) >= 11 is 1.53. The van der Waals surface area contributed by atoms with Crippen molar-refractivity contribution in [1.82, 2.24) is 15.8 Å². The number of amides is 2. The smallest absolute Gasteiger partial charge is 0.326 e. The van der Waals surface area contributed by atoms with Gasteiger partial charge in [0.25, 0.3) is 0 Å². The molecule has 0 aliphatic heterocycles. The van der Waals surface area contributed by atoms with Crippen LogP contribution in [-0.2, 0) is 11.3 Å². The van der Waals surface area contributed by atoms with E-state index in [1.54, 1.807) is 13.0 Å². The molecule has 2 amide bonds. The van der Waals surface area contributed by atoms with Crippen LogP contribution in [0.3, 0.4) is 0 Å². The van der Waals surface area contributed by atoms with E-state index in [1.165, 1.54) is 11.8 Å². The highest BCUT2D eigenvalue weighted by Crippen LogP contribution is 2.02. The lowest BCUT2D eigenvalue weighted by Gasteiger charge is -2.14. The van der Waals surface area contributed by atoms with Crippen molar-refractivity contribution in [3.63, 3.8) is 0 Å². The second-order valence-electron chi connectivity index (χ2n) is 3.93. The lowest BCUT2D eigenvalue weighted by Crippen LogP contribution is -2.46. The largest absolute Gasteiger partial charge is 0.480 e. The first-order chi connectivity index (χ1) is 9.02. The van der Waals surface area contributed by atoms with Gasteiger partial charge in [0.15, 0.2) is 0 Å². The van der Waals surface area contributed by atoms with Crippen LogP contribution in [0.15, 0.2) is 10.6 Å². The van der Waals surface area contributed by atoms with Crippen LogP contribution in [0.1, 0.15) is 17.9 Å². The van der Waals surface area contributed by atoms with Crippen molar-refractivity contribution >= 4 is 23.8 Å². The Kier molecular flexibility index (Phi) is 6.20. The third-order valence-electron chi connectivity index (χ3n) is 2.32. The zero-order valence-corrected chi connectivity index (χ0v) is 11.6. The average Bonchev–Trinajstić information content (AvgIpc) is 2.77. The van der Waals surface area contributed by atoms with Crippen LogP contribution in [0.4, 0.5) is 4.79 Å². The zero-order chi connectivity index (χ0) is 14.3. The van der Waals surface area contributed by atoms with Crippen molar-refractivity contribution in [3.05, 3.63) is 17.5 Å². The van der Waals surface area contributed by atoms with E-state index >= 15 is 0 Å². The zero-order valence-electron chi connectivity index (χ0n) is 10.8. The topological polar surface area (TPSA) is 104 Å². The molecular formula is C11H17N3O4S. The molecule has 0 fully saturated rings. The van der Waals surface area contributed by atoms with Gasteiger partial charge in [0.05, 0.1) is 6.54 Å². The first-order valence-corrected chi connectivity index (χ1v) is 7.10. The maximum Gasteiger partial charge on any atom is 0.326 e. The van der Waals surface area contributed by atoms with Gasteiger partial charge in [0.1, 0.15) is 17.5 Å². The predicted molar refractivity (Wildman–Crippen MR) is 71.0 cm³/mol. The van der Waals surface area contributed by atoms with Crippen LogP contribution in [0.2, 0.25) is 0 Å². The summed E-state index contributed by atoms with van der Waals surface area (Å²) in [6.07, 6.45) is 2.26. The highest BCUT2D eigenvalue weighted by atomic mass is 32.2. The maximum absolute atomic E-state index is 11.6. The van der Waals surface area contributed by atoms with Gasteiger partial charge in [-0.05, 0) is 25.4 Å². The Morgan fingerprint density at radius 3 is 2.84 bits per heavy atom. The van der Waals surface area contributed by atoms with E-state index in [4.69, 9.17) is 9.63 Å². The van der Waals surface area contributed by atoms with Gasteiger partial charge in [0, 0.05) is 6.07 Å². The molecule has 1 atom stereocenters. The number of aromatic nitrogens is 1. The van der Waals surface area contributed by atoms with E-state index in [-0.39, 0.29) is 6.54 Å². The number of carboxylic acids is 1.